The van der Waals surface area contributed by atoms with Crippen molar-refractivity contribution in [3.63, 3.8) is 0 Å². The molecule has 0 bridgehead atoms. The summed E-state index contributed by atoms with van der Waals surface area (Å²) in [6.07, 6.45) is 0. The number of carbonyl (C=O) groups is 1. The Morgan fingerprint density at radius 2 is 2.00 bits per heavy atom. The number of rotatable bonds is 1. The lowest BCUT2D eigenvalue weighted by molar-refractivity contribution is -0.152. The molecule has 2 saturated heterocycles. The summed E-state index contributed by atoms with van der Waals surface area (Å²) in [6.45, 7) is 3.39. The topological polar surface area (TPSA) is 50.4 Å². The minimum absolute atomic E-state index is 0.0671. The number of hydrogen-bond acceptors (Lipinski definition) is 4. The highest BCUT2D eigenvalue weighted by atomic mass is 16.5. The molecule has 12 heavy (non-hydrogen) atoms. The van der Waals surface area contributed by atoms with Crippen LogP contribution in [0.15, 0.2) is 0 Å². The number of methoxy groups -OCH3 is 1. The van der Waals surface area contributed by atoms with E-state index in [0.29, 0.717) is 5.92 Å². The predicted octanol–water partition coefficient (Wildman–Crippen LogP) is -1.03. The van der Waals surface area contributed by atoms with Crippen LogP contribution in [0.5, 0.6) is 0 Å². The van der Waals surface area contributed by atoms with Crippen molar-refractivity contribution in [1.29, 1.82) is 0 Å². The molecule has 0 aromatic carbocycles. The number of ether oxygens (including phenoxy) is 1. The Morgan fingerprint density at radius 3 is 2.50 bits per heavy atom. The first-order valence-electron chi connectivity index (χ1n) is 4.29. The number of esters is 1. The van der Waals surface area contributed by atoms with E-state index in [2.05, 4.69) is 10.6 Å². The molecule has 0 aromatic heterocycles. The van der Waals surface area contributed by atoms with E-state index in [-0.39, 0.29) is 11.4 Å². The van der Waals surface area contributed by atoms with Crippen LogP contribution in [0.25, 0.3) is 0 Å². The van der Waals surface area contributed by atoms with Crippen LogP contribution >= 0.6 is 0 Å². The van der Waals surface area contributed by atoms with Gasteiger partial charge in [0.15, 0.2) is 0 Å². The van der Waals surface area contributed by atoms with E-state index in [9.17, 15) is 4.79 Å². The Bertz CT molecular complexity index is 195. The van der Waals surface area contributed by atoms with E-state index >= 15 is 0 Å². The van der Waals surface area contributed by atoms with E-state index in [1.165, 1.54) is 7.11 Å². The second-order valence-electron chi connectivity index (χ2n) is 3.61. The Morgan fingerprint density at radius 1 is 1.42 bits per heavy atom. The second-order valence-corrected chi connectivity index (χ2v) is 3.61. The zero-order valence-corrected chi connectivity index (χ0v) is 7.22. The minimum atomic E-state index is -0.269. The molecule has 0 unspecified atom stereocenters. The molecule has 0 radical (unpaired) electrons. The molecule has 2 rings (SSSR count). The Hall–Kier alpha value is -0.610. The van der Waals surface area contributed by atoms with Crippen LogP contribution in [0.4, 0.5) is 0 Å². The van der Waals surface area contributed by atoms with Crippen molar-refractivity contribution in [1.82, 2.24) is 10.6 Å². The van der Waals surface area contributed by atoms with Gasteiger partial charge in [0.05, 0.1) is 12.5 Å². The standard InChI is InChI=1S/C8H14N2O2/c1-12-7(11)8-4-9-2-6(8)3-10-5-8/h6,9-10H,2-5H2,1H3. The third-order valence-electron chi connectivity index (χ3n) is 3.04. The van der Waals surface area contributed by atoms with Crippen LogP contribution in [0.3, 0.4) is 0 Å². The van der Waals surface area contributed by atoms with Crippen LogP contribution in [0, 0.1) is 11.3 Å². The van der Waals surface area contributed by atoms with Gasteiger partial charge in [-0.15, -0.1) is 0 Å². The molecule has 2 fully saturated rings. The van der Waals surface area contributed by atoms with Crippen molar-refractivity contribution in [3.8, 4) is 0 Å². The van der Waals surface area contributed by atoms with E-state index in [4.69, 9.17) is 4.74 Å². The average molecular weight is 170 g/mol. The largest absolute Gasteiger partial charge is 0.469 e. The van der Waals surface area contributed by atoms with Gasteiger partial charge >= 0.3 is 5.97 Å². The fourth-order valence-electron chi connectivity index (χ4n) is 2.27. The Kier molecular flexibility index (Phi) is 1.81. The summed E-state index contributed by atoms with van der Waals surface area (Å²) in [4.78, 5) is 11.5. The molecule has 0 aliphatic carbocycles. The first kappa shape index (κ1) is 8.01. The van der Waals surface area contributed by atoms with Crippen molar-refractivity contribution in [2.24, 2.45) is 11.3 Å². The van der Waals surface area contributed by atoms with Crippen molar-refractivity contribution in [2.45, 2.75) is 0 Å². The molecule has 68 valence electrons. The molecule has 4 nitrogen and oxygen atoms in total. The maximum absolute atomic E-state index is 11.5. The molecule has 4 heteroatoms. The van der Waals surface area contributed by atoms with E-state index in [1.807, 2.05) is 0 Å². The zero-order valence-electron chi connectivity index (χ0n) is 7.22. The zero-order chi connectivity index (χ0) is 8.60. The van der Waals surface area contributed by atoms with E-state index < -0.39 is 0 Å². The molecule has 2 N–H and O–H groups in total. The van der Waals surface area contributed by atoms with Crippen molar-refractivity contribution >= 4 is 5.97 Å². The third kappa shape index (κ3) is 0.881. The molecule has 0 atom stereocenters. The first-order valence-corrected chi connectivity index (χ1v) is 4.29. The quantitative estimate of drug-likeness (QED) is 0.494. The summed E-state index contributed by atoms with van der Waals surface area (Å²) in [7, 11) is 1.46. The second kappa shape index (κ2) is 2.71. The van der Waals surface area contributed by atoms with Gasteiger partial charge in [-0.05, 0) is 0 Å². The van der Waals surface area contributed by atoms with Gasteiger partial charge in [-0.25, -0.2) is 0 Å². The summed E-state index contributed by atoms with van der Waals surface area (Å²) in [5.41, 5.74) is -0.269. The van der Waals surface area contributed by atoms with E-state index in [0.717, 1.165) is 26.2 Å². The lowest BCUT2D eigenvalue weighted by Crippen LogP contribution is -2.40. The van der Waals surface area contributed by atoms with Gasteiger partial charge in [-0.3, -0.25) is 4.79 Å². The summed E-state index contributed by atoms with van der Waals surface area (Å²) in [5.74, 6) is 0.354. The average Bonchev–Trinajstić information content (AvgIpc) is 2.60. The number of fused-ring (bicyclic) bond motifs is 1. The molecule has 0 amide bonds. The summed E-state index contributed by atoms with van der Waals surface area (Å²) < 4.78 is 4.82. The van der Waals surface area contributed by atoms with Crippen LogP contribution in [0.2, 0.25) is 0 Å². The Labute approximate surface area is 71.7 Å². The molecule has 2 aliphatic heterocycles. The molecular formula is C8H14N2O2. The summed E-state index contributed by atoms with van der Waals surface area (Å²) in [5, 5.41) is 6.48. The van der Waals surface area contributed by atoms with Gasteiger partial charge in [-0.1, -0.05) is 0 Å². The van der Waals surface area contributed by atoms with E-state index in [1.54, 1.807) is 0 Å². The lowest BCUT2D eigenvalue weighted by atomic mass is 9.81. The van der Waals surface area contributed by atoms with Gasteiger partial charge in [-0.2, -0.15) is 0 Å². The van der Waals surface area contributed by atoms with Crippen LogP contribution in [-0.4, -0.2) is 39.3 Å². The normalized spacial score (nSPS) is 39.6. The molecule has 2 heterocycles. The number of carbonyl (C=O) groups excluding carboxylic acids is 1. The monoisotopic (exact) mass is 170 g/mol. The maximum Gasteiger partial charge on any atom is 0.314 e. The summed E-state index contributed by atoms with van der Waals surface area (Å²) >= 11 is 0. The Balaban J connectivity index is 2.21. The van der Waals surface area contributed by atoms with Gasteiger partial charge in [0, 0.05) is 32.1 Å². The highest BCUT2D eigenvalue weighted by Crippen LogP contribution is 2.35. The van der Waals surface area contributed by atoms with Crippen LogP contribution in [-0.2, 0) is 9.53 Å². The lowest BCUT2D eigenvalue weighted by Gasteiger charge is -2.23. The molecule has 0 spiro atoms. The maximum atomic E-state index is 11.5. The fraction of sp³-hybridized carbons (Fsp3) is 0.875. The molecule has 0 saturated carbocycles. The van der Waals surface area contributed by atoms with Crippen molar-refractivity contribution in [2.75, 3.05) is 33.3 Å². The fourth-order valence-corrected chi connectivity index (χ4v) is 2.27. The molecule has 0 aromatic rings. The highest BCUT2D eigenvalue weighted by molar-refractivity contribution is 5.79. The molecular weight excluding hydrogens is 156 g/mol. The smallest absolute Gasteiger partial charge is 0.314 e. The van der Waals surface area contributed by atoms with Crippen molar-refractivity contribution < 1.29 is 9.53 Å². The van der Waals surface area contributed by atoms with Gasteiger partial charge < -0.3 is 15.4 Å². The van der Waals surface area contributed by atoms with Crippen LogP contribution < -0.4 is 10.6 Å². The number of nitrogens with one attached hydrogen (secondary N) is 2. The SMILES string of the molecule is COC(=O)C12CNCC1CNC2. The van der Waals surface area contributed by atoms with Crippen LogP contribution in [0.1, 0.15) is 0 Å². The number of hydrogen-bond donors (Lipinski definition) is 2. The predicted molar refractivity (Wildman–Crippen MR) is 43.7 cm³/mol. The third-order valence-corrected chi connectivity index (χ3v) is 3.04. The van der Waals surface area contributed by atoms with Gasteiger partial charge in [0.25, 0.3) is 0 Å². The van der Waals surface area contributed by atoms with Gasteiger partial charge in [0.2, 0.25) is 0 Å². The highest BCUT2D eigenvalue weighted by Gasteiger charge is 2.52. The summed E-state index contributed by atoms with van der Waals surface area (Å²) in [6, 6.07) is 0. The van der Waals surface area contributed by atoms with Gasteiger partial charge in [0.1, 0.15) is 0 Å². The molecule has 2 aliphatic rings. The van der Waals surface area contributed by atoms with Crippen molar-refractivity contribution in [3.05, 3.63) is 0 Å². The minimum Gasteiger partial charge on any atom is -0.469 e. The first-order chi connectivity index (χ1) is 5.79.